The van der Waals surface area contributed by atoms with Gasteiger partial charge in [-0.15, -0.1) is 0 Å². The standard InChI is InChI=1S/C14H22N2O/c1-11-5-3-4-6-14(11)16-12(2)7-8-15-9-13(16)10-17/h3-6,12-13,15,17H,7-10H2,1-2H3. The second kappa shape index (κ2) is 5.52. The lowest BCUT2D eigenvalue weighted by Crippen LogP contribution is -2.46. The van der Waals surface area contributed by atoms with Gasteiger partial charge in [0.15, 0.2) is 0 Å². The Balaban J connectivity index is 2.34. The third-order valence-corrected chi connectivity index (χ3v) is 3.59. The van der Waals surface area contributed by atoms with Crippen LogP contribution in [0, 0.1) is 6.92 Å². The van der Waals surface area contributed by atoms with Crippen LogP contribution in [0.5, 0.6) is 0 Å². The van der Waals surface area contributed by atoms with Crippen LogP contribution in [0.2, 0.25) is 0 Å². The minimum Gasteiger partial charge on any atom is -0.394 e. The Labute approximate surface area is 103 Å². The van der Waals surface area contributed by atoms with Crippen molar-refractivity contribution >= 4 is 5.69 Å². The van der Waals surface area contributed by atoms with Crippen molar-refractivity contribution in [2.75, 3.05) is 24.6 Å². The zero-order valence-electron chi connectivity index (χ0n) is 10.7. The summed E-state index contributed by atoms with van der Waals surface area (Å²) in [5.41, 5.74) is 2.53. The van der Waals surface area contributed by atoms with Gasteiger partial charge in [0.1, 0.15) is 0 Å². The van der Waals surface area contributed by atoms with Crippen LogP contribution in [0.1, 0.15) is 18.9 Å². The predicted octanol–water partition coefficient (Wildman–Crippen LogP) is 1.54. The molecule has 2 unspecified atom stereocenters. The van der Waals surface area contributed by atoms with Gasteiger partial charge in [-0.25, -0.2) is 0 Å². The van der Waals surface area contributed by atoms with E-state index in [9.17, 15) is 5.11 Å². The second-order valence-corrected chi connectivity index (χ2v) is 4.87. The molecule has 0 saturated carbocycles. The van der Waals surface area contributed by atoms with Crippen LogP contribution in [0.15, 0.2) is 24.3 Å². The van der Waals surface area contributed by atoms with Crippen LogP contribution in [-0.4, -0.2) is 36.9 Å². The summed E-state index contributed by atoms with van der Waals surface area (Å²) < 4.78 is 0. The van der Waals surface area contributed by atoms with Gasteiger partial charge in [0.05, 0.1) is 12.6 Å². The molecule has 3 nitrogen and oxygen atoms in total. The second-order valence-electron chi connectivity index (χ2n) is 4.87. The van der Waals surface area contributed by atoms with Gasteiger partial charge in [-0.2, -0.15) is 0 Å². The molecule has 0 radical (unpaired) electrons. The number of hydrogen-bond donors (Lipinski definition) is 2. The van der Waals surface area contributed by atoms with Gasteiger partial charge in [-0.05, 0) is 38.4 Å². The number of nitrogens with zero attached hydrogens (tertiary/aromatic N) is 1. The van der Waals surface area contributed by atoms with E-state index in [-0.39, 0.29) is 12.6 Å². The third kappa shape index (κ3) is 2.61. The van der Waals surface area contributed by atoms with E-state index in [0.29, 0.717) is 6.04 Å². The van der Waals surface area contributed by atoms with Gasteiger partial charge < -0.3 is 15.3 Å². The summed E-state index contributed by atoms with van der Waals surface area (Å²) in [7, 11) is 0. The van der Waals surface area contributed by atoms with Crippen LogP contribution in [0.3, 0.4) is 0 Å². The lowest BCUT2D eigenvalue weighted by Gasteiger charge is -2.36. The van der Waals surface area contributed by atoms with Crippen molar-refractivity contribution in [1.82, 2.24) is 5.32 Å². The molecule has 2 rings (SSSR count). The molecule has 1 aliphatic heterocycles. The zero-order valence-corrected chi connectivity index (χ0v) is 10.7. The number of aryl methyl sites for hydroxylation is 1. The Kier molecular flexibility index (Phi) is 4.02. The molecule has 2 atom stereocenters. The van der Waals surface area contributed by atoms with Crippen molar-refractivity contribution in [3.63, 3.8) is 0 Å². The van der Waals surface area contributed by atoms with Crippen LogP contribution < -0.4 is 10.2 Å². The number of hydrogen-bond acceptors (Lipinski definition) is 3. The summed E-state index contributed by atoms with van der Waals surface area (Å²) in [4.78, 5) is 2.37. The number of benzene rings is 1. The Hall–Kier alpha value is -1.06. The molecule has 3 heteroatoms. The normalized spacial score (nSPS) is 25.7. The number of aliphatic hydroxyl groups is 1. The van der Waals surface area contributed by atoms with Gasteiger partial charge in [0.2, 0.25) is 0 Å². The molecule has 1 aliphatic rings. The van der Waals surface area contributed by atoms with E-state index in [1.165, 1.54) is 11.3 Å². The maximum Gasteiger partial charge on any atom is 0.0648 e. The van der Waals surface area contributed by atoms with E-state index in [0.717, 1.165) is 19.5 Å². The van der Waals surface area contributed by atoms with Crippen molar-refractivity contribution in [2.24, 2.45) is 0 Å². The largest absolute Gasteiger partial charge is 0.394 e. The molecule has 1 heterocycles. The van der Waals surface area contributed by atoms with Gasteiger partial charge in [0, 0.05) is 18.3 Å². The van der Waals surface area contributed by atoms with Crippen LogP contribution in [0.25, 0.3) is 0 Å². The van der Waals surface area contributed by atoms with Crippen LogP contribution in [0.4, 0.5) is 5.69 Å². The monoisotopic (exact) mass is 234 g/mol. The molecule has 17 heavy (non-hydrogen) atoms. The highest BCUT2D eigenvalue weighted by atomic mass is 16.3. The average molecular weight is 234 g/mol. The van der Waals surface area contributed by atoms with Gasteiger partial charge >= 0.3 is 0 Å². The van der Waals surface area contributed by atoms with Crippen molar-refractivity contribution in [3.05, 3.63) is 29.8 Å². The lowest BCUT2D eigenvalue weighted by molar-refractivity contribution is 0.255. The first-order chi connectivity index (χ1) is 8.24. The number of para-hydroxylation sites is 1. The highest BCUT2D eigenvalue weighted by Crippen LogP contribution is 2.26. The van der Waals surface area contributed by atoms with Gasteiger partial charge in [-0.1, -0.05) is 18.2 Å². The van der Waals surface area contributed by atoms with Crippen molar-refractivity contribution < 1.29 is 5.11 Å². The molecule has 0 aromatic heterocycles. The molecule has 0 amide bonds. The summed E-state index contributed by atoms with van der Waals surface area (Å²) in [6, 6.07) is 9.06. The molecule has 1 aromatic carbocycles. The van der Waals surface area contributed by atoms with Crippen molar-refractivity contribution in [2.45, 2.75) is 32.4 Å². The minimum absolute atomic E-state index is 0.175. The predicted molar refractivity (Wildman–Crippen MR) is 71.5 cm³/mol. The highest BCUT2D eigenvalue weighted by Gasteiger charge is 2.26. The van der Waals surface area contributed by atoms with Gasteiger partial charge in [0.25, 0.3) is 0 Å². The third-order valence-electron chi connectivity index (χ3n) is 3.59. The fourth-order valence-electron chi connectivity index (χ4n) is 2.62. The summed E-state index contributed by atoms with van der Waals surface area (Å²) in [6.45, 7) is 6.46. The Morgan fingerprint density at radius 3 is 2.88 bits per heavy atom. The summed E-state index contributed by atoms with van der Waals surface area (Å²) in [5.74, 6) is 0. The maximum atomic E-state index is 9.57. The average Bonchev–Trinajstić information content (AvgIpc) is 2.52. The van der Waals surface area contributed by atoms with E-state index >= 15 is 0 Å². The molecule has 1 saturated heterocycles. The molecule has 2 N–H and O–H groups in total. The van der Waals surface area contributed by atoms with Crippen molar-refractivity contribution in [3.8, 4) is 0 Å². The van der Waals surface area contributed by atoms with Gasteiger partial charge in [-0.3, -0.25) is 0 Å². The fourth-order valence-corrected chi connectivity index (χ4v) is 2.62. The first-order valence-corrected chi connectivity index (χ1v) is 6.39. The summed E-state index contributed by atoms with van der Waals surface area (Å²) >= 11 is 0. The Morgan fingerprint density at radius 1 is 1.41 bits per heavy atom. The quantitative estimate of drug-likeness (QED) is 0.815. The SMILES string of the molecule is Cc1ccccc1N1C(C)CCNCC1CO. The molecule has 1 fully saturated rings. The Bertz CT molecular complexity index is 367. The van der Waals surface area contributed by atoms with E-state index in [1.54, 1.807) is 0 Å². The summed E-state index contributed by atoms with van der Waals surface area (Å²) in [5, 5.41) is 13.0. The Morgan fingerprint density at radius 2 is 2.18 bits per heavy atom. The smallest absolute Gasteiger partial charge is 0.0648 e. The topological polar surface area (TPSA) is 35.5 Å². The summed E-state index contributed by atoms with van der Waals surface area (Å²) in [6.07, 6.45) is 1.12. The molecule has 0 spiro atoms. The molecule has 94 valence electrons. The molecule has 0 aliphatic carbocycles. The minimum atomic E-state index is 0.175. The maximum absolute atomic E-state index is 9.57. The number of rotatable bonds is 2. The first-order valence-electron chi connectivity index (χ1n) is 6.39. The number of anilines is 1. The van der Waals surface area contributed by atoms with E-state index in [2.05, 4.69) is 48.3 Å². The zero-order chi connectivity index (χ0) is 12.3. The molecular formula is C14H22N2O. The van der Waals surface area contributed by atoms with E-state index < -0.39 is 0 Å². The highest BCUT2D eigenvalue weighted by molar-refractivity contribution is 5.54. The number of nitrogens with one attached hydrogen (secondary N) is 1. The molecule has 1 aromatic rings. The number of aliphatic hydroxyl groups excluding tert-OH is 1. The van der Waals surface area contributed by atoms with Crippen molar-refractivity contribution in [1.29, 1.82) is 0 Å². The first kappa shape index (κ1) is 12.4. The van der Waals surface area contributed by atoms with E-state index in [1.807, 2.05) is 0 Å². The molecule has 0 bridgehead atoms. The fraction of sp³-hybridized carbons (Fsp3) is 0.571. The van der Waals surface area contributed by atoms with E-state index in [4.69, 9.17) is 0 Å². The molecular weight excluding hydrogens is 212 g/mol. The van der Waals surface area contributed by atoms with Crippen LogP contribution in [-0.2, 0) is 0 Å². The van der Waals surface area contributed by atoms with Crippen LogP contribution >= 0.6 is 0 Å². The lowest BCUT2D eigenvalue weighted by atomic mass is 10.1.